The smallest absolute Gasteiger partial charge is 0.245 e. The van der Waals surface area contributed by atoms with E-state index in [1.54, 1.807) is 0 Å². The van der Waals surface area contributed by atoms with Crippen molar-refractivity contribution >= 4 is 15.7 Å². The highest BCUT2D eigenvalue weighted by Gasteiger charge is 2.32. The summed E-state index contributed by atoms with van der Waals surface area (Å²) in [7, 11) is -3.79. The Bertz CT molecular complexity index is 702. The van der Waals surface area contributed by atoms with Crippen LogP contribution < -0.4 is 5.73 Å². The van der Waals surface area contributed by atoms with Crippen molar-refractivity contribution in [2.24, 2.45) is 0 Å². The van der Waals surface area contributed by atoms with E-state index in [4.69, 9.17) is 21.0 Å². The van der Waals surface area contributed by atoms with Crippen LogP contribution in [0, 0.1) is 22.7 Å². The van der Waals surface area contributed by atoms with E-state index >= 15 is 0 Å². The zero-order valence-corrected chi connectivity index (χ0v) is 11.3. The second kappa shape index (κ2) is 5.47. The molecule has 1 fully saturated rings. The molecule has 1 aromatic rings. The van der Waals surface area contributed by atoms with Gasteiger partial charge in [0.2, 0.25) is 10.0 Å². The van der Waals surface area contributed by atoms with Crippen LogP contribution in [0.5, 0.6) is 0 Å². The Morgan fingerprint density at radius 2 is 2.15 bits per heavy atom. The van der Waals surface area contributed by atoms with E-state index in [0.29, 0.717) is 5.56 Å². The summed E-state index contributed by atoms with van der Waals surface area (Å²) in [6.45, 7) is 0.297. The minimum atomic E-state index is -3.79. The average Bonchev–Trinajstić information content (AvgIpc) is 2.46. The second-order valence-corrected chi connectivity index (χ2v) is 6.12. The van der Waals surface area contributed by atoms with Crippen molar-refractivity contribution in [1.82, 2.24) is 4.31 Å². The highest BCUT2D eigenvalue weighted by atomic mass is 32.2. The van der Waals surface area contributed by atoms with Crippen molar-refractivity contribution in [3.8, 4) is 12.1 Å². The average molecular weight is 292 g/mol. The Morgan fingerprint density at radius 3 is 2.75 bits per heavy atom. The van der Waals surface area contributed by atoms with Crippen LogP contribution in [0.25, 0.3) is 0 Å². The van der Waals surface area contributed by atoms with Gasteiger partial charge >= 0.3 is 0 Å². The molecule has 0 aliphatic carbocycles. The molecule has 1 aromatic carbocycles. The van der Waals surface area contributed by atoms with Crippen LogP contribution in [-0.2, 0) is 14.8 Å². The maximum Gasteiger partial charge on any atom is 0.245 e. The van der Waals surface area contributed by atoms with Crippen molar-refractivity contribution in [2.75, 3.05) is 25.4 Å². The summed E-state index contributed by atoms with van der Waals surface area (Å²) in [6.07, 6.45) is -0.780. The van der Waals surface area contributed by atoms with Gasteiger partial charge in [-0.3, -0.25) is 0 Å². The first-order valence-corrected chi connectivity index (χ1v) is 7.24. The van der Waals surface area contributed by atoms with Gasteiger partial charge in [0, 0.05) is 6.54 Å². The lowest BCUT2D eigenvalue weighted by Crippen LogP contribution is -2.45. The fraction of sp³-hybridized carbons (Fsp3) is 0.333. The fourth-order valence-corrected chi connectivity index (χ4v) is 3.44. The molecule has 1 aliphatic rings. The van der Waals surface area contributed by atoms with E-state index in [-0.39, 0.29) is 30.3 Å². The third-order valence-electron chi connectivity index (χ3n) is 2.93. The maximum atomic E-state index is 12.5. The van der Waals surface area contributed by atoms with E-state index in [9.17, 15) is 8.42 Å². The number of sulfonamides is 1. The highest BCUT2D eigenvalue weighted by Crippen LogP contribution is 2.24. The molecule has 0 amide bonds. The van der Waals surface area contributed by atoms with Crippen LogP contribution in [0.15, 0.2) is 23.1 Å². The van der Waals surface area contributed by atoms with Gasteiger partial charge in [-0.25, -0.2) is 8.42 Å². The summed E-state index contributed by atoms with van der Waals surface area (Å²) in [5.74, 6) is 0. The molecule has 1 saturated heterocycles. The standard InChI is InChI=1S/C12H12N4O3S/c13-6-9-1-2-12(11(15)5-9)20(17,18)16-3-4-19-10(7-14)8-16/h1-2,5,10H,3-4,8,15H2. The van der Waals surface area contributed by atoms with Gasteiger partial charge in [0.05, 0.1) is 36.5 Å². The molecule has 104 valence electrons. The third-order valence-corrected chi connectivity index (χ3v) is 4.87. The summed E-state index contributed by atoms with van der Waals surface area (Å²) in [4.78, 5) is -0.0601. The molecule has 0 saturated carbocycles. The molecule has 1 aliphatic heterocycles. The van der Waals surface area contributed by atoms with Crippen LogP contribution in [0.1, 0.15) is 5.56 Å². The molecule has 20 heavy (non-hydrogen) atoms. The van der Waals surface area contributed by atoms with E-state index in [1.165, 1.54) is 22.5 Å². The van der Waals surface area contributed by atoms with Crippen LogP contribution in [0.4, 0.5) is 5.69 Å². The van der Waals surface area contributed by atoms with Gasteiger partial charge in [-0.2, -0.15) is 14.8 Å². The van der Waals surface area contributed by atoms with Gasteiger partial charge in [-0.1, -0.05) is 0 Å². The molecule has 0 aromatic heterocycles. The molecule has 0 radical (unpaired) electrons. The predicted octanol–water partition coefficient (Wildman–Crippen LogP) is 0.0536. The summed E-state index contributed by atoms with van der Waals surface area (Å²) in [5.41, 5.74) is 6.01. The van der Waals surface area contributed by atoms with E-state index in [1.807, 2.05) is 12.1 Å². The summed E-state index contributed by atoms with van der Waals surface area (Å²) >= 11 is 0. The zero-order chi connectivity index (χ0) is 14.8. The molecular formula is C12H12N4O3S. The molecule has 1 heterocycles. The quantitative estimate of drug-likeness (QED) is 0.769. The molecule has 1 atom stereocenters. The highest BCUT2D eigenvalue weighted by molar-refractivity contribution is 7.89. The number of nitrogens with zero attached hydrogens (tertiary/aromatic N) is 3. The van der Waals surface area contributed by atoms with Gasteiger partial charge < -0.3 is 10.5 Å². The number of anilines is 1. The van der Waals surface area contributed by atoms with Gasteiger partial charge in [0.1, 0.15) is 4.90 Å². The van der Waals surface area contributed by atoms with Crippen molar-refractivity contribution in [1.29, 1.82) is 10.5 Å². The fourth-order valence-electron chi connectivity index (χ4n) is 1.91. The lowest BCUT2D eigenvalue weighted by molar-refractivity contribution is 0.0311. The lowest BCUT2D eigenvalue weighted by Gasteiger charge is -2.29. The molecular weight excluding hydrogens is 280 g/mol. The summed E-state index contributed by atoms with van der Waals surface area (Å²) < 4.78 is 31.2. The molecule has 7 nitrogen and oxygen atoms in total. The summed E-state index contributed by atoms with van der Waals surface area (Å²) in [6, 6.07) is 7.79. The van der Waals surface area contributed by atoms with Crippen molar-refractivity contribution < 1.29 is 13.2 Å². The largest absolute Gasteiger partial charge is 0.398 e. The Kier molecular flexibility index (Phi) is 3.91. The Labute approximate surface area is 116 Å². The number of rotatable bonds is 2. The Balaban J connectivity index is 2.36. The molecule has 0 bridgehead atoms. The number of nitrogen functional groups attached to an aromatic ring is 1. The number of hydrogen-bond acceptors (Lipinski definition) is 6. The minimum Gasteiger partial charge on any atom is -0.398 e. The predicted molar refractivity (Wildman–Crippen MR) is 69.7 cm³/mol. The van der Waals surface area contributed by atoms with Crippen LogP contribution in [0.3, 0.4) is 0 Å². The van der Waals surface area contributed by atoms with Crippen molar-refractivity contribution in [3.05, 3.63) is 23.8 Å². The van der Waals surface area contributed by atoms with Crippen LogP contribution in [0.2, 0.25) is 0 Å². The Hall–Kier alpha value is -2.13. The molecule has 1 unspecified atom stereocenters. The second-order valence-electron chi connectivity index (χ2n) is 4.22. The molecule has 0 spiro atoms. The van der Waals surface area contributed by atoms with Crippen LogP contribution >= 0.6 is 0 Å². The van der Waals surface area contributed by atoms with Crippen molar-refractivity contribution in [2.45, 2.75) is 11.0 Å². The maximum absolute atomic E-state index is 12.5. The van der Waals surface area contributed by atoms with Crippen LogP contribution in [-0.4, -0.2) is 38.5 Å². The number of morpholine rings is 1. The first kappa shape index (κ1) is 14.3. The van der Waals surface area contributed by atoms with E-state index in [2.05, 4.69) is 0 Å². The first-order chi connectivity index (χ1) is 9.48. The Morgan fingerprint density at radius 1 is 1.40 bits per heavy atom. The van der Waals surface area contributed by atoms with E-state index < -0.39 is 16.1 Å². The first-order valence-electron chi connectivity index (χ1n) is 5.80. The normalized spacial score (nSPS) is 20.0. The number of hydrogen-bond donors (Lipinski definition) is 1. The summed E-state index contributed by atoms with van der Waals surface area (Å²) in [5, 5.41) is 17.6. The van der Waals surface area contributed by atoms with E-state index in [0.717, 1.165) is 0 Å². The minimum absolute atomic E-state index is 0.0176. The van der Waals surface area contributed by atoms with Gasteiger partial charge in [-0.05, 0) is 18.2 Å². The lowest BCUT2D eigenvalue weighted by atomic mass is 10.2. The topological polar surface area (TPSA) is 120 Å². The molecule has 2 rings (SSSR count). The number of benzene rings is 1. The number of nitrogens with two attached hydrogens (primary N) is 1. The molecule has 8 heteroatoms. The van der Waals surface area contributed by atoms with Gasteiger partial charge in [0.25, 0.3) is 0 Å². The van der Waals surface area contributed by atoms with Gasteiger partial charge in [-0.15, -0.1) is 0 Å². The number of nitriles is 2. The number of ether oxygens (including phenoxy) is 1. The third kappa shape index (κ3) is 2.58. The van der Waals surface area contributed by atoms with Gasteiger partial charge in [0.15, 0.2) is 6.10 Å². The van der Waals surface area contributed by atoms with Crippen molar-refractivity contribution in [3.63, 3.8) is 0 Å². The molecule has 2 N–H and O–H groups in total. The monoisotopic (exact) mass is 292 g/mol. The SMILES string of the molecule is N#Cc1ccc(S(=O)(=O)N2CCOC(C#N)C2)c(N)c1. The zero-order valence-electron chi connectivity index (χ0n) is 10.5.